The summed E-state index contributed by atoms with van der Waals surface area (Å²) in [4.78, 5) is 1.23. The Morgan fingerprint density at radius 1 is 1.25 bits per heavy atom. The van der Waals surface area contributed by atoms with Gasteiger partial charge < -0.3 is 4.74 Å². The molecule has 0 N–H and O–H groups in total. The van der Waals surface area contributed by atoms with E-state index in [1.165, 1.54) is 10.4 Å². The second-order valence-corrected chi connectivity index (χ2v) is 6.04. The van der Waals surface area contributed by atoms with Gasteiger partial charge in [0.25, 0.3) is 0 Å². The normalized spacial score (nSPS) is 10.4. The zero-order chi connectivity index (χ0) is 11.4. The van der Waals surface area contributed by atoms with E-state index in [0.29, 0.717) is 6.61 Å². The monoisotopic (exact) mass is 296 g/mol. The lowest BCUT2D eigenvalue weighted by atomic mass is 10.2. The lowest BCUT2D eigenvalue weighted by Crippen LogP contribution is -1.93. The third-order valence-electron chi connectivity index (χ3n) is 2.32. The second kappa shape index (κ2) is 5.51. The molecule has 0 aliphatic rings. The predicted octanol–water partition coefficient (Wildman–Crippen LogP) is 4.65. The average Bonchev–Trinajstić information content (AvgIpc) is 2.73. The molecule has 0 atom stereocenters. The van der Waals surface area contributed by atoms with Crippen LogP contribution in [0.2, 0.25) is 0 Å². The molecule has 1 aromatic heterocycles. The highest BCUT2D eigenvalue weighted by Gasteiger charge is 1.99. The third-order valence-corrected chi connectivity index (χ3v) is 3.91. The van der Waals surface area contributed by atoms with Crippen molar-refractivity contribution in [3.05, 3.63) is 50.6 Å². The molecule has 1 aromatic carbocycles. The van der Waals surface area contributed by atoms with Gasteiger partial charge in [0.15, 0.2) is 0 Å². The van der Waals surface area contributed by atoms with Crippen molar-refractivity contribution in [3.63, 3.8) is 0 Å². The minimum absolute atomic E-state index is 0.642. The molecule has 2 aromatic rings. The second-order valence-electron chi connectivity index (χ2n) is 3.50. The van der Waals surface area contributed by atoms with Crippen LogP contribution in [0.4, 0.5) is 0 Å². The number of thiophene rings is 1. The maximum Gasteiger partial charge on any atom is 0.122 e. The summed E-state index contributed by atoms with van der Waals surface area (Å²) in [6, 6.07) is 12.4. The standard InChI is InChI=1S/C13H13BrOS/c1-2-10-4-3-5-11(8-10)15-9-12-6-7-13(14)16-12/h3-8H,2,9H2,1H3. The topological polar surface area (TPSA) is 9.23 Å². The maximum atomic E-state index is 5.74. The molecule has 1 nitrogen and oxygen atoms in total. The number of hydrogen-bond acceptors (Lipinski definition) is 2. The van der Waals surface area contributed by atoms with E-state index < -0.39 is 0 Å². The molecule has 0 amide bonds. The van der Waals surface area contributed by atoms with E-state index in [9.17, 15) is 0 Å². The molecule has 0 fully saturated rings. The molecular formula is C13H13BrOS. The van der Waals surface area contributed by atoms with Crippen molar-refractivity contribution in [1.29, 1.82) is 0 Å². The SMILES string of the molecule is CCc1cccc(OCc2ccc(Br)s2)c1. The maximum absolute atomic E-state index is 5.74. The Balaban J connectivity index is 1.99. The molecule has 0 saturated heterocycles. The largest absolute Gasteiger partial charge is 0.488 e. The summed E-state index contributed by atoms with van der Waals surface area (Å²) in [6.07, 6.45) is 1.04. The summed E-state index contributed by atoms with van der Waals surface area (Å²) in [5, 5.41) is 0. The van der Waals surface area contributed by atoms with Crippen molar-refractivity contribution in [2.45, 2.75) is 20.0 Å². The summed E-state index contributed by atoms with van der Waals surface area (Å²) in [7, 11) is 0. The fourth-order valence-corrected chi connectivity index (χ4v) is 2.84. The molecule has 0 unspecified atom stereocenters. The van der Waals surface area contributed by atoms with Crippen molar-refractivity contribution >= 4 is 27.3 Å². The van der Waals surface area contributed by atoms with Crippen LogP contribution in [-0.4, -0.2) is 0 Å². The van der Waals surface area contributed by atoms with Gasteiger partial charge in [0.05, 0.1) is 3.79 Å². The highest BCUT2D eigenvalue weighted by Crippen LogP contribution is 2.23. The summed E-state index contributed by atoms with van der Waals surface area (Å²) < 4.78 is 6.88. The number of rotatable bonds is 4. The fraction of sp³-hybridized carbons (Fsp3) is 0.231. The van der Waals surface area contributed by atoms with Crippen molar-refractivity contribution in [2.75, 3.05) is 0 Å². The van der Waals surface area contributed by atoms with Gasteiger partial charge in [-0.1, -0.05) is 19.1 Å². The molecule has 3 heteroatoms. The van der Waals surface area contributed by atoms with Crippen LogP contribution in [0.1, 0.15) is 17.4 Å². The summed E-state index contributed by atoms with van der Waals surface area (Å²) in [5.74, 6) is 0.948. The lowest BCUT2D eigenvalue weighted by Gasteiger charge is -2.05. The van der Waals surface area contributed by atoms with Crippen LogP contribution >= 0.6 is 27.3 Å². The lowest BCUT2D eigenvalue weighted by molar-refractivity contribution is 0.309. The number of benzene rings is 1. The quantitative estimate of drug-likeness (QED) is 0.798. The molecule has 84 valence electrons. The Labute approximate surface area is 108 Å². The first-order valence-corrected chi connectivity index (χ1v) is 6.85. The summed E-state index contributed by atoms with van der Waals surface area (Å²) in [6.45, 7) is 2.79. The molecule has 0 saturated carbocycles. The van der Waals surface area contributed by atoms with E-state index in [1.54, 1.807) is 11.3 Å². The van der Waals surface area contributed by atoms with Gasteiger partial charge in [-0.05, 0) is 52.2 Å². The smallest absolute Gasteiger partial charge is 0.122 e. The van der Waals surface area contributed by atoms with Gasteiger partial charge in [0.2, 0.25) is 0 Å². The average molecular weight is 297 g/mol. The molecule has 2 rings (SSSR count). The van der Waals surface area contributed by atoms with Crippen molar-refractivity contribution < 1.29 is 4.74 Å². The zero-order valence-electron chi connectivity index (χ0n) is 9.07. The van der Waals surface area contributed by atoms with Gasteiger partial charge in [-0.2, -0.15) is 0 Å². The first-order valence-electron chi connectivity index (χ1n) is 5.24. The van der Waals surface area contributed by atoms with Crippen LogP contribution in [0, 0.1) is 0 Å². The highest BCUT2D eigenvalue weighted by molar-refractivity contribution is 9.11. The molecule has 0 aliphatic carbocycles. The van der Waals surface area contributed by atoms with Crippen molar-refractivity contribution in [3.8, 4) is 5.75 Å². The first-order chi connectivity index (χ1) is 7.78. The molecule has 0 bridgehead atoms. The first kappa shape index (κ1) is 11.7. The van der Waals surface area contributed by atoms with E-state index in [4.69, 9.17) is 4.74 Å². The Kier molecular flexibility index (Phi) is 4.02. The third kappa shape index (κ3) is 3.09. The van der Waals surface area contributed by atoms with Crippen LogP contribution in [-0.2, 0) is 13.0 Å². The Morgan fingerprint density at radius 2 is 2.12 bits per heavy atom. The van der Waals surface area contributed by atoms with E-state index in [1.807, 2.05) is 18.2 Å². The van der Waals surface area contributed by atoms with Crippen LogP contribution < -0.4 is 4.74 Å². The van der Waals surface area contributed by atoms with E-state index >= 15 is 0 Å². The molecule has 1 heterocycles. The number of hydrogen-bond donors (Lipinski definition) is 0. The predicted molar refractivity (Wildman–Crippen MR) is 72.2 cm³/mol. The Morgan fingerprint density at radius 3 is 2.81 bits per heavy atom. The van der Waals surface area contributed by atoms with E-state index in [0.717, 1.165) is 16.0 Å². The van der Waals surface area contributed by atoms with Crippen molar-refractivity contribution in [1.82, 2.24) is 0 Å². The molecule has 0 radical (unpaired) electrons. The number of halogens is 1. The zero-order valence-corrected chi connectivity index (χ0v) is 11.5. The van der Waals surface area contributed by atoms with Crippen LogP contribution in [0.25, 0.3) is 0 Å². The molecular weight excluding hydrogens is 284 g/mol. The van der Waals surface area contributed by atoms with Crippen LogP contribution in [0.3, 0.4) is 0 Å². The molecule has 0 spiro atoms. The van der Waals surface area contributed by atoms with E-state index in [-0.39, 0.29) is 0 Å². The van der Waals surface area contributed by atoms with Crippen LogP contribution in [0.15, 0.2) is 40.2 Å². The minimum atomic E-state index is 0.642. The molecule has 16 heavy (non-hydrogen) atoms. The summed E-state index contributed by atoms with van der Waals surface area (Å²) in [5.41, 5.74) is 1.31. The van der Waals surface area contributed by atoms with Crippen molar-refractivity contribution in [2.24, 2.45) is 0 Å². The fourth-order valence-electron chi connectivity index (χ4n) is 1.44. The summed E-state index contributed by atoms with van der Waals surface area (Å²) >= 11 is 5.15. The highest BCUT2D eigenvalue weighted by atomic mass is 79.9. The van der Waals surface area contributed by atoms with Gasteiger partial charge in [0.1, 0.15) is 12.4 Å². The minimum Gasteiger partial charge on any atom is -0.488 e. The van der Waals surface area contributed by atoms with Gasteiger partial charge in [0, 0.05) is 4.88 Å². The number of ether oxygens (including phenoxy) is 1. The Hall–Kier alpha value is -0.800. The van der Waals surface area contributed by atoms with Gasteiger partial charge in [-0.25, -0.2) is 0 Å². The number of aryl methyl sites for hydroxylation is 1. The molecule has 0 aliphatic heterocycles. The van der Waals surface area contributed by atoms with Crippen LogP contribution in [0.5, 0.6) is 5.75 Å². The van der Waals surface area contributed by atoms with Gasteiger partial charge in [-0.3, -0.25) is 0 Å². The van der Waals surface area contributed by atoms with E-state index in [2.05, 4.69) is 41.1 Å². The van der Waals surface area contributed by atoms with Gasteiger partial charge >= 0.3 is 0 Å². The van der Waals surface area contributed by atoms with Gasteiger partial charge in [-0.15, -0.1) is 11.3 Å². The Bertz CT molecular complexity index is 464.